The number of hydrogen-bond acceptors (Lipinski definition) is 5. The first-order valence-corrected chi connectivity index (χ1v) is 13.4. The van der Waals surface area contributed by atoms with Crippen LogP contribution in [0.15, 0.2) is 24.5 Å². The third-order valence-corrected chi connectivity index (χ3v) is 9.25. The fraction of sp³-hybridized carbons (Fsp3) is 0.750. The van der Waals surface area contributed by atoms with Gasteiger partial charge in [-0.1, -0.05) is 26.8 Å². The number of pyridine rings is 1. The van der Waals surface area contributed by atoms with E-state index in [1.807, 2.05) is 26.0 Å². The average molecular weight is 466 g/mol. The summed E-state index contributed by atoms with van der Waals surface area (Å²) in [6, 6.07) is 3.54. The molecule has 2 aliphatic rings. The van der Waals surface area contributed by atoms with Crippen LogP contribution >= 0.6 is 0 Å². The Bertz CT molecular complexity index is 901. The molecule has 2 fully saturated rings. The van der Waals surface area contributed by atoms with Gasteiger partial charge in [-0.05, 0) is 73.8 Å². The highest BCUT2D eigenvalue weighted by molar-refractivity contribution is 7.89. The van der Waals surface area contributed by atoms with Crippen LogP contribution in [0.2, 0.25) is 0 Å². The van der Waals surface area contributed by atoms with E-state index in [9.17, 15) is 18.3 Å². The maximum Gasteiger partial charge on any atom is 0.220 e. The molecule has 180 valence electrons. The average Bonchev–Trinajstić information content (AvgIpc) is 2.91. The van der Waals surface area contributed by atoms with Crippen molar-refractivity contribution in [2.24, 2.45) is 16.7 Å². The number of aromatic nitrogens is 1. The summed E-state index contributed by atoms with van der Waals surface area (Å²) in [7, 11) is -3.39. The molecular formula is C24H39N3O4S. The fourth-order valence-electron chi connectivity index (χ4n) is 6.08. The van der Waals surface area contributed by atoms with Gasteiger partial charge in [-0.2, -0.15) is 0 Å². The van der Waals surface area contributed by atoms with Gasteiger partial charge in [0.1, 0.15) is 0 Å². The van der Waals surface area contributed by atoms with E-state index in [1.54, 1.807) is 12.4 Å². The molecule has 0 bridgehead atoms. The van der Waals surface area contributed by atoms with Gasteiger partial charge >= 0.3 is 0 Å². The number of amides is 1. The number of fused-ring (bicyclic) bond motifs is 1. The minimum atomic E-state index is -3.39. The summed E-state index contributed by atoms with van der Waals surface area (Å²) >= 11 is 0. The molecule has 0 saturated heterocycles. The summed E-state index contributed by atoms with van der Waals surface area (Å²) in [6.07, 6.45) is 7.60. The topological polar surface area (TPSA) is 108 Å². The van der Waals surface area contributed by atoms with Gasteiger partial charge in [0.25, 0.3) is 0 Å². The van der Waals surface area contributed by atoms with Crippen molar-refractivity contribution in [3.05, 3.63) is 30.1 Å². The molecule has 1 aromatic heterocycles. The summed E-state index contributed by atoms with van der Waals surface area (Å²) in [5, 5.41) is 13.8. The van der Waals surface area contributed by atoms with Crippen LogP contribution in [0.5, 0.6) is 0 Å². The first kappa shape index (κ1) is 25.1. The molecule has 0 aliphatic heterocycles. The lowest BCUT2D eigenvalue weighted by Gasteiger charge is -2.50. The third kappa shape index (κ3) is 5.69. The normalized spacial score (nSPS) is 31.8. The number of hydrogen-bond donors (Lipinski definition) is 3. The fourth-order valence-corrected chi connectivity index (χ4v) is 7.49. The molecule has 3 rings (SSSR count). The lowest BCUT2D eigenvalue weighted by atomic mass is 9.57. The molecule has 7 nitrogen and oxygen atoms in total. The van der Waals surface area contributed by atoms with Crippen LogP contribution in [0.25, 0.3) is 0 Å². The standard InChI is InChI=1S/C24H39N3O4S/c1-5-13-32(30,31)27-20-15-22(2,3)19-14-23(4,29)10-11-24(19,20)9-8-21(28)26-17-18-7-6-12-25-16-18/h6-7,12,16,19-20,27,29H,5,8-11,13-15,17H2,1-4H3,(H,26,28)/t19-,20-,23-,24-/m0/s1. The van der Waals surface area contributed by atoms with Crippen LogP contribution in [0.4, 0.5) is 0 Å². The first-order chi connectivity index (χ1) is 14.9. The van der Waals surface area contributed by atoms with Crippen molar-refractivity contribution in [1.29, 1.82) is 0 Å². The van der Waals surface area contributed by atoms with Crippen molar-refractivity contribution >= 4 is 15.9 Å². The first-order valence-electron chi connectivity index (χ1n) is 11.8. The van der Waals surface area contributed by atoms with E-state index in [-0.39, 0.29) is 34.4 Å². The molecule has 4 atom stereocenters. The van der Waals surface area contributed by atoms with E-state index >= 15 is 0 Å². The highest BCUT2D eigenvalue weighted by Gasteiger charge is 2.61. The second kappa shape index (κ2) is 9.39. The Hall–Kier alpha value is -1.51. The van der Waals surface area contributed by atoms with Crippen LogP contribution in [0.1, 0.15) is 78.2 Å². The van der Waals surface area contributed by atoms with Gasteiger partial charge < -0.3 is 10.4 Å². The summed E-state index contributed by atoms with van der Waals surface area (Å²) in [4.78, 5) is 16.8. The van der Waals surface area contributed by atoms with E-state index in [4.69, 9.17) is 0 Å². The van der Waals surface area contributed by atoms with Crippen molar-refractivity contribution in [2.45, 2.75) is 90.8 Å². The number of rotatable bonds is 9. The van der Waals surface area contributed by atoms with Crippen molar-refractivity contribution in [1.82, 2.24) is 15.0 Å². The molecule has 0 radical (unpaired) electrons. The zero-order valence-electron chi connectivity index (χ0n) is 19.9. The van der Waals surface area contributed by atoms with Gasteiger partial charge in [0.15, 0.2) is 0 Å². The summed E-state index contributed by atoms with van der Waals surface area (Å²) in [6.45, 7) is 8.51. The second-order valence-corrected chi connectivity index (χ2v) is 12.7. The summed E-state index contributed by atoms with van der Waals surface area (Å²) in [5.74, 6) is 0.201. The van der Waals surface area contributed by atoms with Crippen LogP contribution in [-0.4, -0.2) is 41.8 Å². The van der Waals surface area contributed by atoms with Crippen molar-refractivity contribution < 1.29 is 18.3 Å². The van der Waals surface area contributed by atoms with E-state index < -0.39 is 15.6 Å². The van der Waals surface area contributed by atoms with Crippen molar-refractivity contribution in [3.63, 3.8) is 0 Å². The molecule has 0 aromatic carbocycles. The molecular weight excluding hydrogens is 426 g/mol. The van der Waals surface area contributed by atoms with E-state index in [1.165, 1.54) is 0 Å². The second-order valence-electron chi connectivity index (χ2n) is 10.8. The quantitative estimate of drug-likeness (QED) is 0.519. The minimum absolute atomic E-state index is 0.0424. The number of aliphatic hydroxyl groups is 1. The molecule has 0 unspecified atom stereocenters. The lowest BCUT2D eigenvalue weighted by Crippen LogP contribution is -2.53. The van der Waals surface area contributed by atoms with Gasteiger partial charge in [-0.15, -0.1) is 0 Å². The molecule has 2 aliphatic carbocycles. The third-order valence-electron chi connectivity index (χ3n) is 7.66. The van der Waals surface area contributed by atoms with E-state index in [0.717, 1.165) is 5.56 Å². The largest absolute Gasteiger partial charge is 0.390 e. The van der Waals surface area contributed by atoms with Gasteiger partial charge in [0.05, 0.1) is 11.4 Å². The highest BCUT2D eigenvalue weighted by atomic mass is 32.2. The molecule has 1 heterocycles. The maximum atomic E-state index is 12.7. The van der Waals surface area contributed by atoms with Gasteiger partial charge in [-0.25, -0.2) is 13.1 Å². The van der Waals surface area contributed by atoms with Crippen LogP contribution in [-0.2, 0) is 21.4 Å². The Kier molecular flexibility index (Phi) is 7.37. The maximum absolute atomic E-state index is 12.7. The molecule has 0 spiro atoms. The summed E-state index contributed by atoms with van der Waals surface area (Å²) in [5.41, 5.74) is -0.280. The lowest BCUT2D eigenvalue weighted by molar-refractivity contribution is -0.123. The molecule has 1 amide bonds. The summed E-state index contributed by atoms with van der Waals surface area (Å²) < 4.78 is 28.4. The Morgan fingerprint density at radius 3 is 2.66 bits per heavy atom. The smallest absolute Gasteiger partial charge is 0.220 e. The molecule has 32 heavy (non-hydrogen) atoms. The number of nitrogens with zero attached hydrogens (tertiary/aromatic N) is 1. The Morgan fingerprint density at radius 1 is 1.25 bits per heavy atom. The van der Waals surface area contributed by atoms with Crippen molar-refractivity contribution in [3.8, 4) is 0 Å². The monoisotopic (exact) mass is 465 g/mol. The zero-order chi connectivity index (χ0) is 23.6. The Labute approximate surface area is 192 Å². The van der Waals surface area contributed by atoms with Crippen LogP contribution in [0, 0.1) is 16.7 Å². The SMILES string of the molecule is CCCS(=O)(=O)N[C@H]1CC(C)(C)[C@@H]2C[C@@](C)(O)CC[C@]12CCC(=O)NCc1cccnc1. The molecule has 8 heteroatoms. The molecule has 1 aromatic rings. The Balaban J connectivity index is 1.78. The predicted octanol–water partition coefficient (Wildman–Crippen LogP) is 3.14. The molecule has 2 saturated carbocycles. The minimum Gasteiger partial charge on any atom is -0.390 e. The highest BCUT2D eigenvalue weighted by Crippen LogP contribution is 2.64. The predicted molar refractivity (Wildman–Crippen MR) is 125 cm³/mol. The number of sulfonamides is 1. The van der Waals surface area contributed by atoms with E-state index in [0.29, 0.717) is 51.5 Å². The molecule has 3 N–H and O–H groups in total. The zero-order valence-corrected chi connectivity index (χ0v) is 20.7. The number of nitrogens with one attached hydrogen (secondary N) is 2. The van der Waals surface area contributed by atoms with Gasteiger partial charge in [0.2, 0.25) is 15.9 Å². The van der Waals surface area contributed by atoms with Crippen LogP contribution < -0.4 is 10.0 Å². The number of carbonyl (C=O) groups excluding carboxylic acids is 1. The Morgan fingerprint density at radius 2 is 2.00 bits per heavy atom. The van der Waals surface area contributed by atoms with Crippen molar-refractivity contribution in [2.75, 3.05) is 5.75 Å². The van der Waals surface area contributed by atoms with Gasteiger partial charge in [-0.3, -0.25) is 9.78 Å². The van der Waals surface area contributed by atoms with Crippen LogP contribution in [0.3, 0.4) is 0 Å². The number of carbonyl (C=O) groups is 1. The van der Waals surface area contributed by atoms with E-state index in [2.05, 4.69) is 28.9 Å². The van der Waals surface area contributed by atoms with Gasteiger partial charge in [0, 0.05) is 31.4 Å².